The molecular formula is C22H19ClF5N3O4. The van der Waals surface area contributed by atoms with E-state index in [9.17, 15) is 36.6 Å². The Hall–Kier alpha value is -2.83. The van der Waals surface area contributed by atoms with E-state index in [2.05, 4.69) is 10.3 Å². The Bertz CT molecular complexity index is 1140. The number of likely N-dealkylation sites (tertiary alicyclic amines) is 1. The number of benzene rings is 1. The van der Waals surface area contributed by atoms with Crippen LogP contribution in [0.15, 0.2) is 30.5 Å². The molecule has 2 saturated heterocycles. The summed E-state index contributed by atoms with van der Waals surface area (Å²) in [5.41, 5.74) is -1.82. The number of aliphatic hydroxyl groups excluding tert-OH is 1. The third kappa shape index (κ3) is 5.24. The molecule has 2 fully saturated rings. The van der Waals surface area contributed by atoms with Gasteiger partial charge in [-0.15, -0.1) is 0 Å². The first-order chi connectivity index (χ1) is 16.5. The predicted octanol–water partition coefficient (Wildman–Crippen LogP) is 3.11. The molecule has 4 rings (SSSR count). The molecule has 0 saturated carbocycles. The van der Waals surface area contributed by atoms with Gasteiger partial charge in [0.05, 0.1) is 30.4 Å². The standard InChI is InChI=1S/C22H19ClF5N3O4/c23-14-6-15(24)13(5-16(14)25)19(11-8-35-9-11)30-20(33)17-4-12(32)7-31(17)21(34)10-1-2-29-18(3-10)22(26,27)28/h1-3,5-6,11-12,17,19,32H,4,7-9H2,(H,30,33)/t12-,17-,19?/m1/s1. The molecule has 7 nitrogen and oxygen atoms in total. The molecule has 2 aliphatic rings. The number of nitrogens with one attached hydrogen (secondary N) is 1. The largest absolute Gasteiger partial charge is 0.433 e. The van der Waals surface area contributed by atoms with Crippen molar-refractivity contribution in [1.82, 2.24) is 15.2 Å². The van der Waals surface area contributed by atoms with Crippen LogP contribution < -0.4 is 5.32 Å². The zero-order chi connectivity index (χ0) is 25.5. The molecule has 1 aromatic heterocycles. The van der Waals surface area contributed by atoms with E-state index in [1.165, 1.54) is 0 Å². The second kappa shape index (κ2) is 9.67. The zero-order valence-corrected chi connectivity index (χ0v) is 18.6. The van der Waals surface area contributed by atoms with Gasteiger partial charge in [0.1, 0.15) is 23.4 Å². The minimum absolute atomic E-state index is 0.155. The number of alkyl halides is 3. The highest BCUT2D eigenvalue weighted by Gasteiger charge is 2.42. The predicted molar refractivity (Wildman–Crippen MR) is 111 cm³/mol. The third-order valence-electron chi connectivity index (χ3n) is 5.95. The van der Waals surface area contributed by atoms with Crippen molar-refractivity contribution in [1.29, 1.82) is 0 Å². The number of nitrogens with zero attached hydrogens (tertiary/aromatic N) is 2. The van der Waals surface area contributed by atoms with Gasteiger partial charge in [0.25, 0.3) is 5.91 Å². The molecule has 3 heterocycles. The van der Waals surface area contributed by atoms with Crippen molar-refractivity contribution in [3.05, 3.63) is 63.9 Å². The Balaban J connectivity index is 1.59. The maximum Gasteiger partial charge on any atom is 0.433 e. The highest BCUT2D eigenvalue weighted by molar-refractivity contribution is 6.30. The SMILES string of the molecule is O=C(NC(c1cc(F)c(Cl)cc1F)C1COC1)[C@H]1C[C@@H](O)CN1C(=O)c1ccnc(C(F)(F)F)c1. The molecular weight excluding hydrogens is 501 g/mol. The Morgan fingerprint density at radius 3 is 2.54 bits per heavy atom. The molecule has 2 N–H and O–H groups in total. The monoisotopic (exact) mass is 519 g/mol. The van der Waals surface area contributed by atoms with E-state index in [0.717, 1.165) is 29.3 Å². The minimum atomic E-state index is -4.78. The van der Waals surface area contributed by atoms with Crippen molar-refractivity contribution < 1.29 is 41.4 Å². The highest BCUT2D eigenvalue weighted by Crippen LogP contribution is 2.33. The number of pyridine rings is 1. The average Bonchev–Trinajstić information content (AvgIpc) is 3.15. The molecule has 35 heavy (non-hydrogen) atoms. The smallest absolute Gasteiger partial charge is 0.391 e. The van der Waals surface area contributed by atoms with Gasteiger partial charge >= 0.3 is 6.18 Å². The van der Waals surface area contributed by atoms with Gasteiger partial charge in [-0.1, -0.05) is 11.6 Å². The van der Waals surface area contributed by atoms with Crippen molar-refractivity contribution >= 4 is 23.4 Å². The number of carbonyl (C=O) groups excluding carboxylic acids is 2. The third-order valence-corrected chi connectivity index (χ3v) is 6.24. The molecule has 0 bridgehead atoms. The van der Waals surface area contributed by atoms with Gasteiger partial charge in [-0.3, -0.25) is 14.6 Å². The number of amides is 2. The Kier molecular flexibility index (Phi) is 6.98. The van der Waals surface area contributed by atoms with Crippen LogP contribution in [0, 0.1) is 17.6 Å². The first-order valence-electron chi connectivity index (χ1n) is 10.5. The molecule has 2 aliphatic heterocycles. The van der Waals surface area contributed by atoms with Crippen molar-refractivity contribution in [3.63, 3.8) is 0 Å². The van der Waals surface area contributed by atoms with Crippen LogP contribution in [-0.4, -0.2) is 58.7 Å². The van der Waals surface area contributed by atoms with Gasteiger partial charge in [0, 0.05) is 36.2 Å². The van der Waals surface area contributed by atoms with Gasteiger partial charge < -0.3 is 20.1 Å². The average molecular weight is 520 g/mol. The lowest BCUT2D eigenvalue weighted by molar-refractivity contribution is -0.141. The number of rotatable bonds is 5. The van der Waals surface area contributed by atoms with Gasteiger partial charge in [-0.2, -0.15) is 13.2 Å². The van der Waals surface area contributed by atoms with Crippen LogP contribution in [0.2, 0.25) is 5.02 Å². The first kappa shape index (κ1) is 25.3. The summed E-state index contributed by atoms with van der Waals surface area (Å²) in [5, 5.41) is 12.3. The molecule has 1 unspecified atom stereocenters. The van der Waals surface area contributed by atoms with Crippen LogP contribution in [0.1, 0.15) is 34.1 Å². The summed E-state index contributed by atoms with van der Waals surface area (Å²) in [4.78, 5) is 30.3. The summed E-state index contributed by atoms with van der Waals surface area (Å²) in [6, 6.07) is 0.976. The summed E-state index contributed by atoms with van der Waals surface area (Å²) >= 11 is 5.62. The summed E-state index contributed by atoms with van der Waals surface area (Å²) in [6.07, 6.45) is -5.27. The highest BCUT2D eigenvalue weighted by atomic mass is 35.5. The van der Waals surface area contributed by atoms with Gasteiger partial charge in [0.15, 0.2) is 0 Å². The topological polar surface area (TPSA) is 91.8 Å². The molecule has 2 aromatic rings. The fourth-order valence-electron chi connectivity index (χ4n) is 4.09. The quantitative estimate of drug-likeness (QED) is 0.468. The van der Waals surface area contributed by atoms with E-state index in [4.69, 9.17) is 16.3 Å². The maximum atomic E-state index is 14.6. The van der Waals surface area contributed by atoms with Gasteiger partial charge in [0.2, 0.25) is 5.91 Å². The minimum Gasteiger partial charge on any atom is -0.391 e. The van der Waals surface area contributed by atoms with E-state index in [-0.39, 0.29) is 37.3 Å². The number of β-amino-alcohol motifs (C(OH)–C–C–N with tert-alkyl or cyclic N) is 1. The van der Waals surface area contributed by atoms with Gasteiger partial charge in [-0.05, 0) is 24.3 Å². The number of hydrogen-bond donors (Lipinski definition) is 2. The van der Waals surface area contributed by atoms with Crippen LogP contribution in [-0.2, 0) is 15.7 Å². The number of hydrogen-bond acceptors (Lipinski definition) is 5. The van der Waals surface area contributed by atoms with Crippen molar-refractivity contribution in [3.8, 4) is 0 Å². The number of halogens is 6. The number of carbonyl (C=O) groups is 2. The van der Waals surface area contributed by atoms with E-state index in [1.54, 1.807) is 0 Å². The second-order valence-electron chi connectivity index (χ2n) is 8.36. The van der Waals surface area contributed by atoms with E-state index >= 15 is 0 Å². The fraction of sp³-hybridized carbons (Fsp3) is 0.409. The molecule has 0 aliphatic carbocycles. The molecule has 0 radical (unpaired) electrons. The summed E-state index contributed by atoms with van der Waals surface area (Å²) in [7, 11) is 0. The van der Waals surface area contributed by atoms with Crippen LogP contribution in [0.25, 0.3) is 0 Å². The van der Waals surface area contributed by atoms with Crippen LogP contribution >= 0.6 is 11.6 Å². The van der Waals surface area contributed by atoms with Crippen LogP contribution in [0.5, 0.6) is 0 Å². The molecule has 0 spiro atoms. The first-order valence-corrected chi connectivity index (χ1v) is 10.9. The van der Waals surface area contributed by atoms with E-state index < -0.39 is 64.4 Å². The number of aliphatic hydroxyl groups is 1. The Morgan fingerprint density at radius 2 is 1.91 bits per heavy atom. The number of ether oxygens (including phenoxy) is 1. The Labute approximate surface area is 200 Å². The summed E-state index contributed by atoms with van der Waals surface area (Å²) in [6.45, 7) is 0.00530. The lowest BCUT2D eigenvalue weighted by Gasteiger charge is -2.36. The summed E-state index contributed by atoms with van der Waals surface area (Å²) < 4.78 is 72.8. The lowest BCUT2D eigenvalue weighted by atomic mass is 9.90. The normalized spacial score (nSPS) is 21.5. The van der Waals surface area contributed by atoms with Crippen LogP contribution in [0.3, 0.4) is 0 Å². The van der Waals surface area contributed by atoms with E-state index in [0.29, 0.717) is 6.07 Å². The zero-order valence-electron chi connectivity index (χ0n) is 17.9. The molecule has 1 aromatic carbocycles. The van der Waals surface area contributed by atoms with E-state index in [1.807, 2.05) is 0 Å². The Morgan fingerprint density at radius 1 is 1.20 bits per heavy atom. The second-order valence-corrected chi connectivity index (χ2v) is 8.77. The molecule has 3 atom stereocenters. The van der Waals surface area contributed by atoms with Crippen molar-refractivity contribution in [2.75, 3.05) is 19.8 Å². The van der Waals surface area contributed by atoms with Gasteiger partial charge in [-0.25, -0.2) is 8.78 Å². The molecule has 188 valence electrons. The van der Waals surface area contributed by atoms with Crippen molar-refractivity contribution in [2.45, 2.75) is 30.8 Å². The number of aromatic nitrogens is 1. The fourth-order valence-corrected chi connectivity index (χ4v) is 4.24. The summed E-state index contributed by atoms with van der Waals surface area (Å²) in [5.74, 6) is -3.86. The van der Waals surface area contributed by atoms with Crippen molar-refractivity contribution in [2.24, 2.45) is 5.92 Å². The van der Waals surface area contributed by atoms with Crippen LogP contribution in [0.4, 0.5) is 22.0 Å². The maximum absolute atomic E-state index is 14.6. The molecule has 13 heteroatoms. The lowest BCUT2D eigenvalue weighted by Crippen LogP contribution is -2.50. The molecule has 2 amide bonds.